The van der Waals surface area contributed by atoms with Gasteiger partial charge in [-0.1, -0.05) is 63.0 Å². The molecule has 0 saturated heterocycles. The number of Topliss-reactive ketones (excluding diaryl/α,β-unsaturated/α-hetero) is 1. The minimum Gasteiger partial charge on any atom is -0.456 e. The number of aliphatic hydroxyl groups excluding tert-OH is 2. The van der Waals surface area contributed by atoms with Gasteiger partial charge in [0.15, 0.2) is 0 Å². The van der Waals surface area contributed by atoms with Gasteiger partial charge in [-0.25, -0.2) is 0 Å². The predicted molar refractivity (Wildman–Crippen MR) is 136 cm³/mol. The lowest BCUT2D eigenvalue weighted by Crippen LogP contribution is -2.47. The zero-order valence-corrected chi connectivity index (χ0v) is 22.1. The Bertz CT molecular complexity index is 918. The molecular weight excluding hydrogens is 493 g/mol. The van der Waals surface area contributed by atoms with E-state index >= 15 is 0 Å². The number of ketones is 1. The Morgan fingerprint density at radius 2 is 2.00 bits per heavy atom. The topological polar surface area (TPSA) is 106 Å². The molecule has 2 rings (SSSR count). The molecule has 0 fully saturated rings. The molecular formula is C26H35Cl2NO6. The molecule has 1 aliphatic rings. The Balaban J connectivity index is 2.36. The quantitative estimate of drug-likeness (QED) is 0.557. The highest BCUT2D eigenvalue weighted by atomic mass is 35.5. The van der Waals surface area contributed by atoms with E-state index in [4.69, 9.17) is 32.7 Å². The van der Waals surface area contributed by atoms with Crippen LogP contribution in [0.15, 0.2) is 40.5 Å². The van der Waals surface area contributed by atoms with Crippen LogP contribution >= 0.6 is 23.2 Å². The number of carbonyl (C=O) groups excluding carboxylic acids is 2. The summed E-state index contributed by atoms with van der Waals surface area (Å²) in [7, 11) is 0. The second kappa shape index (κ2) is 13.5. The van der Waals surface area contributed by atoms with Crippen LogP contribution in [0.5, 0.6) is 0 Å². The molecule has 0 radical (unpaired) electrons. The second-order valence-corrected chi connectivity index (χ2v) is 10.4. The Kier molecular flexibility index (Phi) is 11.4. The summed E-state index contributed by atoms with van der Waals surface area (Å²) in [5.74, 6) is -2.11. The van der Waals surface area contributed by atoms with Crippen molar-refractivity contribution in [1.82, 2.24) is 4.98 Å². The number of carbonyl (C=O) groups is 2. The van der Waals surface area contributed by atoms with Gasteiger partial charge in [-0.2, -0.15) is 0 Å². The van der Waals surface area contributed by atoms with Gasteiger partial charge >= 0.3 is 5.97 Å². The highest BCUT2D eigenvalue weighted by Gasteiger charge is 2.43. The molecule has 0 aromatic carbocycles. The zero-order valence-electron chi connectivity index (χ0n) is 20.6. The summed E-state index contributed by atoms with van der Waals surface area (Å²) in [4.78, 5) is 30.3. The molecule has 5 atom stereocenters. The van der Waals surface area contributed by atoms with Crippen LogP contribution in [0.1, 0.15) is 52.7 Å². The lowest BCUT2D eigenvalue weighted by atomic mass is 9.72. The van der Waals surface area contributed by atoms with Crippen LogP contribution in [0.25, 0.3) is 6.08 Å². The van der Waals surface area contributed by atoms with E-state index in [-0.39, 0.29) is 36.4 Å². The molecule has 0 saturated carbocycles. The molecule has 1 aromatic heterocycles. The van der Waals surface area contributed by atoms with Gasteiger partial charge in [-0.3, -0.25) is 14.6 Å². The van der Waals surface area contributed by atoms with Crippen molar-refractivity contribution in [3.8, 4) is 0 Å². The molecule has 9 heteroatoms. The van der Waals surface area contributed by atoms with E-state index in [2.05, 4.69) is 4.98 Å². The number of aromatic nitrogens is 1. The van der Waals surface area contributed by atoms with Crippen molar-refractivity contribution in [3.63, 3.8) is 0 Å². The lowest BCUT2D eigenvalue weighted by Gasteiger charge is -2.35. The predicted octanol–water partition coefficient (Wildman–Crippen LogP) is 4.49. The molecule has 1 aromatic rings. The highest BCUT2D eigenvalue weighted by molar-refractivity contribution is 6.32. The molecule has 0 aliphatic carbocycles. The summed E-state index contributed by atoms with van der Waals surface area (Å²) < 4.78 is 11.2. The third-order valence-electron chi connectivity index (χ3n) is 6.33. The van der Waals surface area contributed by atoms with Crippen molar-refractivity contribution >= 4 is 41.0 Å². The molecule has 0 unspecified atom stereocenters. The van der Waals surface area contributed by atoms with E-state index in [0.717, 1.165) is 0 Å². The maximum absolute atomic E-state index is 13.3. The van der Waals surface area contributed by atoms with Gasteiger partial charge in [0, 0.05) is 29.5 Å². The fourth-order valence-corrected chi connectivity index (χ4v) is 4.30. The lowest BCUT2D eigenvalue weighted by molar-refractivity contribution is -0.154. The average Bonchev–Trinajstić information content (AvgIpc) is 2.81. The van der Waals surface area contributed by atoms with Crippen LogP contribution in [0.4, 0.5) is 0 Å². The van der Waals surface area contributed by atoms with Crippen molar-refractivity contribution < 1.29 is 29.3 Å². The molecule has 7 nitrogen and oxygen atoms in total. The van der Waals surface area contributed by atoms with Crippen molar-refractivity contribution in [2.45, 2.75) is 65.3 Å². The maximum Gasteiger partial charge on any atom is 0.309 e. The van der Waals surface area contributed by atoms with Crippen LogP contribution < -0.4 is 0 Å². The number of halogens is 2. The average molecular weight is 528 g/mol. The number of rotatable bonds is 3. The van der Waals surface area contributed by atoms with Crippen LogP contribution in [0.3, 0.4) is 0 Å². The van der Waals surface area contributed by atoms with Crippen LogP contribution in [-0.4, -0.2) is 58.5 Å². The number of esters is 1. The first-order chi connectivity index (χ1) is 16.5. The van der Waals surface area contributed by atoms with Crippen molar-refractivity contribution in [2.24, 2.45) is 17.3 Å². The monoisotopic (exact) mass is 527 g/mol. The summed E-state index contributed by atoms with van der Waals surface area (Å²) >= 11 is 12.8. The van der Waals surface area contributed by atoms with E-state index in [1.54, 1.807) is 64.2 Å². The first kappa shape index (κ1) is 29.5. The Morgan fingerprint density at radius 3 is 2.63 bits per heavy atom. The number of aliphatic hydroxyl groups is 2. The van der Waals surface area contributed by atoms with Crippen LogP contribution in [0.2, 0.25) is 0 Å². The van der Waals surface area contributed by atoms with Gasteiger partial charge in [-0.15, -0.1) is 0 Å². The molecule has 0 spiro atoms. The normalized spacial score (nSPS) is 31.4. The summed E-state index contributed by atoms with van der Waals surface area (Å²) in [6, 6.07) is 5.33. The van der Waals surface area contributed by atoms with E-state index in [9.17, 15) is 19.8 Å². The minimum absolute atomic E-state index is 0.0931. The largest absolute Gasteiger partial charge is 0.456 e. The van der Waals surface area contributed by atoms with Gasteiger partial charge in [0.2, 0.25) is 0 Å². The van der Waals surface area contributed by atoms with Gasteiger partial charge in [0.1, 0.15) is 11.9 Å². The third-order valence-corrected chi connectivity index (χ3v) is 6.94. The fourth-order valence-electron chi connectivity index (χ4n) is 3.89. The standard InChI is InChI=1S/C26H35Cl2NO6/c1-5-19-24(32)16(2)14-34-15-17(27)9-10-21(20(28)12-18-8-6-7-11-29-18)35-23(31)13-22(30)26(3,4)25(19)33/h6-9,11-12,16,19,21-22,24,30,32H,5,10,13-15H2,1-4H3/b17-9+,20-12-/t16-,19+,21-,22-,24-/m0/s1. The molecule has 0 bridgehead atoms. The Morgan fingerprint density at radius 1 is 1.29 bits per heavy atom. The fraction of sp³-hybridized carbons (Fsp3) is 0.577. The third kappa shape index (κ3) is 8.40. The summed E-state index contributed by atoms with van der Waals surface area (Å²) in [6.07, 6.45) is 1.84. The summed E-state index contributed by atoms with van der Waals surface area (Å²) in [5.41, 5.74) is -0.700. The van der Waals surface area contributed by atoms with Gasteiger partial charge in [0.25, 0.3) is 0 Å². The van der Waals surface area contributed by atoms with E-state index in [1.165, 1.54) is 0 Å². The number of ether oxygens (including phenoxy) is 2. The summed E-state index contributed by atoms with van der Waals surface area (Å²) in [6.45, 7) is 7.02. The first-order valence-corrected chi connectivity index (χ1v) is 12.5. The Hall–Kier alpha value is -1.77. The maximum atomic E-state index is 13.3. The highest BCUT2D eigenvalue weighted by Crippen LogP contribution is 2.33. The van der Waals surface area contributed by atoms with Crippen molar-refractivity contribution in [3.05, 3.63) is 46.2 Å². The van der Waals surface area contributed by atoms with Crippen molar-refractivity contribution in [2.75, 3.05) is 13.2 Å². The number of pyridine rings is 1. The Labute approximate surface area is 217 Å². The zero-order chi connectivity index (χ0) is 26.2. The van der Waals surface area contributed by atoms with Crippen LogP contribution in [-0.2, 0) is 19.1 Å². The van der Waals surface area contributed by atoms with E-state index < -0.39 is 42.0 Å². The van der Waals surface area contributed by atoms with Gasteiger partial charge in [-0.05, 0) is 24.6 Å². The number of hydrogen-bond donors (Lipinski definition) is 2. The molecule has 1 aliphatic heterocycles. The van der Waals surface area contributed by atoms with Gasteiger partial charge in [0.05, 0.1) is 48.0 Å². The molecule has 35 heavy (non-hydrogen) atoms. The first-order valence-electron chi connectivity index (χ1n) is 11.8. The summed E-state index contributed by atoms with van der Waals surface area (Å²) in [5, 5.41) is 22.3. The smallest absolute Gasteiger partial charge is 0.309 e. The second-order valence-electron chi connectivity index (χ2n) is 9.45. The number of hydrogen-bond acceptors (Lipinski definition) is 7. The number of cyclic esters (lactones) is 1. The van der Waals surface area contributed by atoms with Gasteiger partial charge < -0.3 is 19.7 Å². The van der Waals surface area contributed by atoms with Crippen LogP contribution in [0, 0.1) is 17.3 Å². The molecule has 2 heterocycles. The van der Waals surface area contributed by atoms with Crippen molar-refractivity contribution in [1.29, 1.82) is 0 Å². The number of nitrogens with zero attached hydrogens (tertiary/aromatic N) is 1. The minimum atomic E-state index is -1.32. The molecule has 194 valence electrons. The van der Waals surface area contributed by atoms with E-state index in [1.807, 2.05) is 0 Å². The molecule has 0 amide bonds. The SMILES string of the molecule is CC[C@H]1C(=O)C(C)(C)[C@@H](O)CC(=O)O[C@H](/C(Cl)=C/c2ccccn2)C/C=C(/Cl)COC[C@H](C)[C@@H]1O. The molecule has 2 N–H and O–H groups in total. The van der Waals surface area contributed by atoms with E-state index in [0.29, 0.717) is 17.1 Å².